The van der Waals surface area contributed by atoms with Crippen molar-refractivity contribution in [2.45, 2.75) is 25.4 Å². The maximum Gasteiger partial charge on any atom is 0.251 e. The zero-order chi connectivity index (χ0) is 19.7. The number of aromatic nitrogens is 1. The van der Waals surface area contributed by atoms with E-state index in [0.717, 1.165) is 10.9 Å². The maximum absolute atomic E-state index is 12.2. The van der Waals surface area contributed by atoms with Crippen LogP contribution in [0.1, 0.15) is 34.8 Å². The first-order chi connectivity index (χ1) is 13.5. The highest BCUT2D eigenvalue weighted by Gasteiger charge is 2.29. The van der Waals surface area contributed by atoms with Crippen LogP contribution in [-0.4, -0.2) is 27.4 Å². The van der Waals surface area contributed by atoms with Gasteiger partial charge in [-0.25, -0.2) is 0 Å². The molecule has 1 saturated heterocycles. The van der Waals surface area contributed by atoms with Crippen LogP contribution in [0.25, 0.3) is 10.8 Å². The van der Waals surface area contributed by atoms with Crippen molar-refractivity contribution >= 4 is 28.5 Å². The zero-order valence-electron chi connectivity index (χ0n) is 15.0. The van der Waals surface area contributed by atoms with Crippen LogP contribution in [0, 0.1) is 0 Å². The van der Waals surface area contributed by atoms with Gasteiger partial charge >= 0.3 is 0 Å². The summed E-state index contributed by atoms with van der Waals surface area (Å²) in [6.07, 6.45) is 2.29. The van der Waals surface area contributed by atoms with Gasteiger partial charge in [0.1, 0.15) is 6.04 Å². The molecule has 0 saturated carbocycles. The Kier molecular flexibility index (Phi) is 4.57. The van der Waals surface area contributed by atoms with Crippen LogP contribution in [0.2, 0.25) is 0 Å². The van der Waals surface area contributed by atoms with Crippen molar-refractivity contribution in [3.05, 3.63) is 65.9 Å². The predicted octanol–water partition coefficient (Wildman–Crippen LogP) is 2.25. The molecule has 1 atom stereocenters. The Morgan fingerprint density at radius 1 is 1.18 bits per heavy atom. The molecular weight excluding hydrogens is 358 g/mol. The third-order valence-electron chi connectivity index (χ3n) is 4.91. The van der Waals surface area contributed by atoms with Crippen LogP contribution in [0.3, 0.4) is 0 Å². The molecule has 3 amide bonds. The van der Waals surface area contributed by atoms with E-state index in [4.69, 9.17) is 0 Å². The zero-order valence-corrected chi connectivity index (χ0v) is 15.0. The van der Waals surface area contributed by atoms with Crippen LogP contribution in [0.4, 0.5) is 0 Å². The van der Waals surface area contributed by atoms with Gasteiger partial charge in [0.25, 0.3) is 5.91 Å². The van der Waals surface area contributed by atoms with Crippen molar-refractivity contribution in [3.8, 4) is 5.88 Å². The molecule has 3 aromatic rings. The number of benzene rings is 2. The number of aromatic hydroxyl groups is 1. The molecule has 1 aliphatic rings. The van der Waals surface area contributed by atoms with Crippen molar-refractivity contribution in [1.82, 2.24) is 15.2 Å². The highest BCUT2D eigenvalue weighted by Crippen LogP contribution is 2.33. The SMILES string of the molecule is O=C1CCC(n2cc3cc(CNC(=O)c4ccccc4)ccc3c2O)C(=O)N1. The molecule has 0 radical (unpaired) electrons. The molecule has 0 aliphatic carbocycles. The summed E-state index contributed by atoms with van der Waals surface area (Å²) < 4.78 is 1.50. The number of nitrogens with zero attached hydrogens (tertiary/aromatic N) is 1. The molecule has 142 valence electrons. The molecule has 0 bridgehead atoms. The quantitative estimate of drug-likeness (QED) is 0.607. The van der Waals surface area contributed by atoms with Gasteiger partial charge in [-0.3, -0.25) is 19.7 Å². The van der Waals surface area contributed by atoms with E-state index in [0.29, 0.717) is 23.9 Å². The minimum absolute atomic E-state index is 0.00984. The van der Waals surface area contributed by atoms with E-state index >= 15 is 0 Å². The Hall–Kier alpha value is -3.61. The van der Waals surface area contributed by atoms with Crippen LogP contribution in [0.15, 0.2) is 54.7 Å². The molecule has 1 aliphatic heterocycles. The van der Waals surface area contributed by atoms with E-state index in [1.165, 1.54) is 4.57 Å². The van der Waals surface area contributed by atoms with E-state index in [1.807, 2.05) is 18.2 Å². The number of hydrogen-bond acceptors (Lipinski definition) is 4. The van der Waals surface area contributed by atoms with Crippen LogP contribution < -0.4 is 10.6 Å². The van der Waals surface area contributed by atoms with E-state index in [9.17, 15) is 19.5 Å². The third kappa shape index (κ3) is 3.34. The predicted molar refractivity (Wildman–Crippen MR) is 103 cm³/mol. The number of carbonyl (C=O) groups is 3. The maximum atomic E-state index is 12.2. The van der Waals surface area contributed by atoms with Gasteiger partial charge in [0.15, 0.2) is 5.88 Å². The summed E-state index contributed by atoms with van der Waals surface area (Å²) in [5.74, 6) is -0.884. The monoisotopic (exact) mass is 377 g/mol. The number of piperidine rings is 1. The molecule has 4 rings (SSSR count). The summed E-state index contributed by atoms with van der Waals surface area (Å²) in [7, 11) is 0. The second kappa shape index (κ2) is 7.19. The van der Waals surface area contributed by atoms with Gasteiger partial charge in [0.2, 0.25) is 11.8 Å². The van der Waals surface area contributed by atoms with E-state index < -0.39 is 11.9 Å². The van der Waals surface area contributed by atoms with Crippen LogP contribution >= 0.6 is 0 Å². The lowest BCUT2D eigenvalue weighted by atomic mass is 10.1. The fourth-order valence-electron chi connectivity index (χ4n) is 3.44. The molecule has 1 fully saturated rings. The van der Waals surface area contributed by atoms with Crippen molar-refractivity contribution in [1.29, 1.82) is 0 Å². The third-order valence-corrected chi connectivity index (χ3v) is 4.91. The highest BCUT2D eigenvalue weighted by molar-refractivity contribution is 6.00. The van der Waals surface area contributed by atoms with E-state index in [1.54, 1.807) is 36.5 Å². The summed E-state index contributed by atoms with van der Waals surface area (Å²) in [4.78, 5) is 35.6. The van der Waals surface area contributed by atoms with E-state index in [2.05, 4.69) is 10.6 Å². The van der Waals surface area contributed by atoms with Crippen LogP contribution in [-0.2, 0) is 16.1 Å². The summed E-state index contributed by atoms with van der Waals surface area (Å²) in [5.41, 5.74) is 1.46. The minimum Gasteiger partial charge on any atom is -0.494 e. The number of imide groups is 1. The topological polar surface area (TPSA) is 100 Å². The first-order valence-electron chi connectivity index (χ1n) is 9.02. The van der Waals surface area contributed by atoms with Crippen molar-refractivity contribution in [3.63, 3.8) is 0 Å². The Balaban J connectivity index is 1.54. The standard InChI is InChI=1S/C21H19N3O4/c25-18-9-8-17(20(27)23-18)24-12-15-10-13(6-7-16(15)21(24)28)11-22-19(26)14-4-2-1-3-5-14/h1-7,10,12,17,28H,8-9,11H2,(H,22,26)(H,23,25,27). The summed E-state index contributed by atoms with van der Waals surface area (Å²) >= 11 is 0. The Morgan fingerprint density at radius 3 is 2.71 bits per heavy atom. The number of rotatable bonds is 4. The average Bonchev–Trinajstić information content (AvgIpc) is 3.02. The van der Waals surface area contributed by atoms with Gasteiger partial charge in [-0.05, 0) is 36.2 Å². The van der Waals surface area contributed by atoms with Gasteiger partial charge in [-0.2, -0.15) is 0 Å². The number of nitrogens with one attached hydrogen (secondary N) is 2. The van der Waals surface area contributed by atoms with Crippen LogP contribution in [0.5, 0.6) is 5.88 Å². The molecule has 3 N–H and O–H groups in total. The van der Waals surface area contributed by atoms with Gasteiger partial charge in [0, 0.05) is 35.5 Å². The molecular formula is C21H19N3O4. The Labute approximate surface area is 161 Å². The summed E-state index contributed by atoms with van der Waals surface area (Å²) in [6.45, 7) is 0.341. The number of hydrogen-bond donors (Lipinski definition) is 3. The van der Waals surface area contributed by atoms with Crippen molar-refractivity contribution < 1.29 is 19.5 Å². The Morgan fingerprint density at radius 2 is 1.96 bits per heavy atom. The molecule has 2 aromatic carbocycles. The fourth-order valence-corrected chi connectivity index (χ4v) is 3.44. The minimum atomic E-state index is -0.619. The largest absolute Gasteiger partial charge is 0.494 e. The van der Waals surface area contributed by atoms with Gasteiger partial charge in [-0.1, -0.05) is 24.3 Å². The normalized spacial score (nSPS) is 16.8. The molecule has 0 spiro atoms. The second-order valence-electron chi connectivity index (χ2n) is 6.80. The van der Waals surface area contributed by atoms with Crippen molar-refractivity contribution in [2.75, 3.05) is 0 Å². The fraction of sp³-hybridized carbons (Fsp3) is 0.190. The van der Waals surface area contributed by atoms with Crippen molar-refractivity contribution in [2.24, 2.45) is 0 Å². The molecule has 28 heavy (non-hydrogen) atoms. The van der Waals surface area contributed by atoms with E-state index in [-0.39, 0.29) is 24.1 Å². The smallest absolute Gasteiger partial charge is 0.251 e. The Bertz CT molecular complexity index is 1070. The lowest BCUT2D eigenvalue weighted by Crippen LogP contribution is -2.41. The average molecular weight is 377 g/mol. The number of carbonyl (C=O) groups excluding carboxylic acids is 3. The highest BCUT2D eigenvalue weighted by atomic mass is 16.3. The molecule has 1 unspecified atom stereocenters. The summed E-state index contributed by atoms with van der Waals surface area (Å²) in [6, 6.07) is 13.8. The van der Waals surface area contributed by atoms with Gasteiger partial charge in [-0.15, -0.1) is 0 Å². The first-order valence-corrected chi connectivity index (χ1v) is 9.02. The number of amides is 3. The first kappa shape index (κ1) is 17.8. The molecule has 7 heteroatoms. The lowest BCUT2D eigenvalue weighted by Gasteiger charge is -2.22. The second-order valence-corrected chi connectivity index (χ2v) is 6.80. The molecule has 7 nitrogen and oxygen atoms in total. The van der Waals surface area contributed by atoms with Gasteiger partial charge in [0.05, 0.1) is 0 Å². The lowest BCUT2D eigenvalue weighted by molar-refractivity contribution is -0.135. The number of fused-ring (bicyclic) bond motifs is 1. The molecule has 1 aromatic heterocycles. The molecule has 2 heterocycles. The van der Waals surface area contributed by atoms with Gasteiger partial charge < -0.3 is 15.0 Å². The summed E-state index contributed by atoms with van der Waals surface area (Å²) in [5, 5.41) is 17.1.